The minimum Gasteiger partial charge on any atom is -0.484 e. The number of thiophene rings is 1. The molecule has 0 aliphatic rings. The fraction of sp³-hybridized carbons (Fsp3) is 0.615. The van der Waals surface area contributed by atoms with Crippen LogP contribution in [0.4, 0.5) is 0 Å². The number of hydrogen-bond acceptors (Lipinski definition) is 3. The van der Waals surface area contributed by atoms with Crippen molar-refractivity contribution >= 4 is 17.6 Å². The first-order chi connectivity index (χ1) is 7.80. The van der Waals surface area contributed by atoms with E-state index in [1.165, 1.54) is 30.6 Å². The molecule has 0 aliphatic carbocycles. The summed E-state index contributed by atoms with van der Waals surface area (Å²) in [5, 5.41) is 0.858. The first-order valence-corrected chi connectivity index (χ1v) is 6.79. The number of ether oxygens (including phenoxy) is 1. The SMILES string of the molecule is CCCCC(CC)COc1ccc(C=O)s1. The van der Waals surface area contributed by atoms with Gasteiger partial charge in [-0.05, 0) is 24.5 Å². The van der Waals surface area contributed by atoms with Crippen molar-refractivity contribution in [1.82, 2.24) is 0 Å². The van der Waals surface area contributed by atoms with Crippen molar-refractivity contribution in [3.8, 4) is 5.06 Å². The van der Waals surface area contributed by atoms with Crippen molar-refractivity contribution in [3.05, 3.63) is 17.0 Å². The number of aldehydes is 1. The van der Waals surface area contributed by atoms with E-state index < -0.39 is 0 Å². The van der Waals surface area contributed by atoms with Crippen LogP contribution in [0.25, 0.3) is 0 Å². The molecule has 0 amide bonds. The Bertz CT molecular complexity index is 307. The van der Waals surface area contributed by atoms with Crippen molar-refractivity contribution in [2.75, 3.05) is 6.61 Å². The summed E-state index contributed by atoms with van der Waals surface area (Å²) in [6.45, 7) is 5.19. The first kappa shape index (κ1) is 13.2. The summed E-state index contributed by atoms with van der Waals surface area (Å²) in [5.74, 6) is 0.640. The molecule has 16 heavy (non-hydrogen) atoms. The van der Waals surface area contributed by atoms with Crippen LogP contribution in [0.3, 0.4) is 0 Å². The molecule has 90 valence electrons. The van der Waals surface area contributed by atoms with Crippen molar-refractivity contribution in [2.45, 2.75) is 39.5 Å². The lowest BCUT2D eigenvalue weighted by molar-refractivity contribution is 0.112. The predicted octanol–water partition coefficient (Wildman–Crippen LogP) is 4.16. The average Bonchev–Trinajstić information content (AvgIpc) is 2.77. The Labute approximate surface area is 102 Å². The fourth-order valence-corrected chi connectivity index (χ4v) is 2.25. The molecular formula is C13H20O2S. The largest absolute Gasteiger partial charge is 0.484 e. The predicted molar refractivity (Wildman–Crippen MR) is 68.5 cm³/mol. The molecule has 1 aromatic rings. The van der Waals surface area contributed by atoms with E-state index in [4.69, 9.17) is 4.74 Å². The van der Waals surface area contributed by atoms with Gasteiger partial charge in [0.05, 0.1) is 11.5 Å². The average molecular weight is 240 g/mol. The second kappa shape index (κ2) is 7.44. The second-order valence-electron chi connectivity index (χ2n) is 4.00. The maximum absolute atomic E-state index is 10.5. The molecule has 0 saturated heterocycles. The van der Waals surface area contributed by atoms with E-state index in [0.717, 1.165) is 29.3 Å². The molecule has 0 aliphatic heterocycles. The second-order valence-corrected chi connectivity index (χ2v) is 5.08. The fourth-order valence-electron chi connectivity index (χ4n) is 1.57. The molecule has 2 nitrogen and oxygen atoms in total. The van der Waals surface area contributed by atoms with E-state index in [1.807, 2.05) is 6.07 Å². The molecule has 0 fully saturated rings. The number of carbonyl (C=O) groups is 1. The zero-order valence-electron chi connectivity index (χ0n) is 10.1. The van der Waals surface area contributed by atoms with Gasteiger partial charge in [-0.2, -0.15) is 0 Å². The Morgan fingerprint density at radius 2 is 2.25 bits per heavy atom. The van der Waals surface area contributed by atoms with E-state index in [2.05, 4.69) is 13.8 Å². The minimum absolute atomic E-state index is 0.640. The van der Waals surface area contributed by atoms with Gasteiger partial charge in [0.25, 0.3) is 0 Å². The van der Waals surface area contributed by atoms with E-state index in [-0.39, 0.29) is 0 Å². The van der Waals surface area contributed by atoms with E-state index in [0.29, 0.717) is 5.92 Å². The van der Waals surface area contributed by atoms with E-state index in [9.17, 15) is 4.79 Å². The van der Waals surface area contributed by atoms with Crippen LogP contribution in [0.15, 0.2) is 12.1 Å². The van der Waals surface area contributed by atoms with Gasteiger partial charge in [-0.15, -0.1) is 0 Å². The third kappa shape index (κ3) is 4.35. The summed E-state index contributed by atoms with van der Waals surface area (Å²) in [7, 11) is 0. The molecule has 1 unspecified atom stereocenters. The highest BCUT2D eigenvalue weighted by atomic mass is 32.1. The van der Waals surface area contributed by atoms with Crippen LogP contribution in [0, 0.1) is 5.92 Å². The lowest BCUT2D eigenvalue weighted by Crippen LogP contribution is -2.10. The molecule has 1 heterocycles. The molecular weight excluding hydrogens is 220 g/mol. The standard InChI is InChI=1S/C13H20O2S/c1-3-5-6-11(4-2)10-15-13-8-7-12(9-14)16-13/h7-9,11H,3-6,10H2,1-2H3. The summed E-state index contributed by atoms with van der Waals surface area (Å²) >= 11 is 1.42. The van der Waals surface area contributed by atoms with Crippen LogP contribution in [0.1, 0.15) is 49.2 Å². The highest BCUT2D eigenvalue weighted by Crippen LogP contribution is 2.24. The Morgan fingerprint density at radius 1 is 1.44 bits per heavy atom. The van der Waals surface area contributed by atoms with Gasteiger partial charge in [-0.25, -0.2) is 0 Å². The van der Waals surface area contributed by atoms with Gasteiger partial charge in [-0.1, -0.05) is 44.4 Å². The molecule has 1 rings (SSSR count). The molecule has 3 heteroatoms. The van der Waals surface area contributed by atoms with Crippen molar-refractivity contribution in [1.29, 1.82) is 0 Å². The lowest BCUT2D eigenvalue weighted by atomic mass is 10.0. The third-order valence-corrected chi connectivity index (χ3v) is 3.65. The minimum atomic E-state index is 0.640. The molecule has 0 bridgehead atoms. The molecule has 0 N–H and O–H groups in total. The highest BCUT2D eigenvalue weighted by molar-refractivity contribution is 7.15. The van der Waals surface area contributed by atoms with Crippen LogP contribution in [-0.4, -0.2) is 12.9 Å². The van der Waals surface area contributed by atoms with Crippen molar-refractivity contribution in [2.24, 2.45) is 5.92 Å². The van der Waals surface area contributed by atoms with Gasteiger partial charge in [0.2, 0.25) is 0 Å². The first-order valence-electron chi connectivity index (χ1n) is 5.98. The number of carbonyl (C=O) groups excluding carboxylic acids is 1. The lowest BCUT2D eigenvalue weighted by Gasteiger charge is -2.14. The van der Waals surface area contributed by atoms with Crippen LogP contribution in [0.5, 0.6) is 5.06 Å². The summed E-state index contributed by atoms with van der Waals surface area (Å²) in [4.78, 5) is 11.2. The Kier molecular flexibility index (Phi) is 6.16. The normalized spacial score (nSPS) is 12.4. The third-order valence-electron chi connectivity index (χ3n) is 2.72. The van der Waals surface area contributed by atoms with E-state index >= 15 is 0 Å². The Hall–Kier alpha value is -0.830. The summed E-state index contributed by atoms with van der Waals surface area (Å²) in [6, 6.07) is 3.68. The smallest absolute Gasteiger partial charge is 0.174 e. The molecule has 0 saturated carbocycles. The summed E-state index contributed by atoms with van der Waals surface area (Å²) in [6.07, 6.45) is 5.77. The van der Waals surface area contributed by atoms with Crippen LogP contribution in [0.2, 0.25) is 0 Å². The van der Waals surface area contributed by atoms with E-state index in [1.54, 1.807) is 6.07 Å². The zero-order chi connectivity index (χ0) is 11.8. The monoisotopic (exact) mass is 240 g/mol. The van der Waals surface area contributed by atoms with Gasteiger partial charge < -0.3 is 4.74 Å². The van der Waals surface area contributed by atoms with Crippen LogP contribution in [-0.2, 0) is 0 Å². The van der Waals surface area contributed by atoms with Crippen LogP contribution >= 0.6 is 11.3 Å². The highest BCUT2D eigenvalue weighted by Gasteiger charge is 2.07. The van der Waals surface area contributed by atoms with Gasteiger partial charge in [0, 0.05) is 0 Å². The molecule has 0 radical (unpaired) electrons. The van der Waals surface area contributed by atoms with Crippen LogP contribution < -0.4 is 4.74 Å². The topological polar surface area (TPSA) is 26.3 Å². The summed E-state index contributed by atoms with van der Waals surface area (Å²) in [5.41, 5.74) is 0. The molecule has 0 spiro atoms. The zero-order valence-corrected chi connectivity index (χ0v) is 10.9. The molecule has 1 aromatic heterocycles. The molecule has 1 atom stereocenters. The number of hydrogen-bond donors (Lipinski definition) is 0. The maximum Gasteiger partial charge on any atom is 0.174 e. The van der Waals surface area contributed by atoms with Gasteiger partial charge in [0.1, 0.15) is 0 Å². The van der Waals surface area contributed by atoms with Crippen molar-refractivity contribution in [3.63, 3.8) is 0 Å². The van der Waals surface area contributed by atoms with Gasteiger partial charge in [0.15, 0.2) is 11.3 Å². The Morgan fingerprint density at radius 3 is 2.81 bits per heavy atom. The summed E-state index contributed by atoms with van der Waals surface area (Å²) < 4.78 is 5.70. The number of rotatable bonds is 8. The number of unbranched alkanes of at least 4 members (excludes halogenated alkanes) is 1. The molecule has 0 aromatic carbocycles. The van der Waals surface area contributed by atoms with Gasteiger partial charge in [-0.3, -0.25) is 4.79 Å². The maximum atomic E-state index is 10.5. The quantitative estimate of drug-likeness (QED) is 0.638. The Balaban J connectivity index is 2.33. The van der Waals surface area contributed by atoms with Crippen molar-refractivity contribution < 1.29 is 9.53 Å². The van der Waals surface area contributed by atoms with Gasteiger partial charge >= 0.3 is 0 Å².